The van der Waals surface area contributed by atoms with Gasteiger partial charge in [-0.05, 0) is 13.8 Å². The van der Waals surface area contributed by atoms with E-state index < -0.39 is 5.97 Å². The second kappa shape index (κ2) is 5.66. The third-order valence-electron chi connectivity index (χ3n) is 3.17. The van der Waals surface area contributed by atoms with E-state index in [-0.39, 0.29) is 6.54 Å². The lowest BCUT2D eigenvalue weighted by Gasteiger charge is -2.35. The Morgan fingerprint density at radius 3 is 2.19 bits per heavy atom. The first-order valence-electron chi connectivity index (χ1n) is 5.72. The maximum Gasteiger partial charge on any atom is 0.359 e. The molecule has 0 aromatic heterocycles. The van der Waals surface area contributed by atoms with Crippen molar-refractivity contribution in [1.82, 2.24) is 0 Å². The van der Waals surface area contributed by atoms with Gasteiger partial charge < -0.3 is 9.59 Å². The molecule has 0 aliphatic carbocycles. The van der Waals surface area contributed by atoms with Crippen LogP contribution in [0.1, 0.15) is 19.4 Å². The van der Waals surface area contributed by atoms with Crippen LogP contribution in [0.4, 0.5) is 0 Å². The number of carbonyl (C=O) groups is 1. The Bertz CT molecular complexity index is 331. The number of carboxylic acid groups (broad SMARTS) is 1. The van der Waals surface area contributed by atoms with Gasteiger partial charge in [0.25, 0.3) is 0 Å². The summed E-state index contributed by atoms with van der Waals surface area (Å²) in [6, 6.07) is 10.1. The van der Waals surface area contributed by atoms with Crippen LogP contribution in [0.3, 0.4) is 0 Å². The van der Waals surface area contributed by atoms with Gasteiger partial charge >= 0.3 is 5.97 Å². The zero-order chi connectivity index (χ0) is 12.0. The molecule has 0 amide bonds. The molecule has 0 unspecified atom stereocenters. The fourth-order valence-corrected chi connectivity index (χ4v) is 1.98. The quantitative estimate of drug-likeness (QED) is 0.749. The number of hydrogen-bond acceptors (Lipinski definition) is 1. The topological polar surface area (TPSA) is 37.3 Å². The molecule has 0 spiro atoms. The molecule has 3 heteroatoms. The highest BCUT2D eigenvalue weighted by molar-refractivity contribution is 5.67. The van der Waals surface area contributed by atoms with Crippen molar-refractivity contribution in [2.45, 2.75) is 20.4 Å². The van der Waals surface area contributed by atoms with E-state index in [1.54, 1.807) is 0 Å². The monoisotopic (exact) mass is 222 g/mol. The van der Waals surface area contributed by atoms with Gasteiger partial charge in [0.15, 0.2) is 6.54 Å². The van der Waals surface area contributed by atoms with Gasteiger partial charge in [0.2, 0.25) is 0 Å². The molecule has 0 heterocycles. The number of likely N-dealkylation sites (N-methyl/N-ethyl adjacent to an activating group) is 1. The highest BCUT2D eigenvalue weighted by Crippen LogP contribution is 2.14. The number of carboxylic acids is 1. The van der Waals surface area contributed by atoms with E-state index >= 15 is 0 Å². The smallest absolute Gasteiger partial charge is 0.359 e. The van der Waals surface area contributed by atoms with Gasteiger partial charge in [-0.25, -0.2) is 4.79 Å². The molecule has 3 nitrogen and oxygen atoms in total. The molecule has 0 bridgehead atoms. The fraction of sp³-hybridized carbons (Fsp3) is 0.462. The van der Waals surface area contributed by atoms with Crippen molar-refractivity contribution in [3.05, 3.63) is 35.9 Å². The predicted octanol–water partition coefficient (Wildman–Crippen LogP) is 2.13. The summed E-state index contributed by atoms with van der Waals surface area (Å²) in [5.74, 6) is -0.723. The number of benzene rings is 1. The largest absolute Gasteiger partial charge is 0.477 e. The Kier molecular flexibility index (Phi) is 4.50. The van der Waals surface area contributed by atoms with E-state index in [0.29, 0.717) is 4.48 Å². The SMILES string of the molecule is CC[N+](CC)(CC(=O)O)Cc1ccccc1. The molecule has 0 saturated heterocycles. The number of aliphatic carboxylic acids is 1. The van der Waals surface area contributed by atoms with Crippen molar-refractivity contribution >= 4 is 5.97 Å². The maximum absolute atomic E-state index is 10.9. The van der Waals surface area contributed by atoms with Gasteiger partial charge in [-0.3, -0.25) is 0 Å². The van der Waals surface area contributed by atoms with Gasteiger partial charge in [-0.1, -0.05) is 30.3 Å². The molecule has 1 N–H and O–H groups in total. The van der Waals surface area contributed by atoms with Crippen LogP contribution in [0.15, 0.2) is 30.3 Å². The number of nitrogens with zero attached hydrogens (tertiary/aromatic N) is 1. The van der Waals surface area contributed by atoms with Crippen LogP contribution >= 0.6 is 0 Å². The van der Waals surface area contributed by atoms with Crippen molar-refractivity contribution in [2.75, 3.05) is 19.6 Å². The van der Waals surface area contributed by atoms with Crippen molar-refractivity contribution in [3.63, 3.8) is 0 Å². The molecular weight excluding hydrogens is 202 g/mol. The van der Waals surface area contributed by atoms with Gasteiger partial charge in [0.05, 0.1) is 13.1 Å². The van der Waals surface area contributed by atoms with Crippen molar-refractivity contribution < 1.29 is 14.4 Å². The molecule has 0 radical (unpaired) electrons. The van der Waals surface area contributed by atoms with Crippen molar-refractivity contribution in [3.8, 4) is 0 Å². The summed E-state index contributed by atoms with van der Waals surface area (Å²) in [6.07, 6.45) is 0. The van der Waals surface area contributed by atoms with Crippen LogP contribution in [-0.4, -0.2) is 35.2 Å². The lowest BCUT2D eigenvalue weighted by Crippen LogP contribution is -2.50. The van der Waals surface area contributed by atoms with Crippen LogP contribution in [-0.2, 0) is 11.3 Å². The van der Waals surface area contributed by atoms with Crippen LogP contribution in [0.2, 0.25) is 0 Å². The minimum absolute atomic E-state index is 0.196. The average molecular weight is 222 g/mol. The molecule has 0 saturated carbocycles. The molecule has 1 aromatic carbocycles. The molecule has 0 aliphatic heterocycles. The zero-order valence-corrected chi connectivity index (χ0v) is 10.0. The number of rotatable bonds is 6. The van der Waals surface area contributed by atoms with Gasteiger partial charge in [-0.15, -0.1) is 0 Å². The minimum atomic E-state index is -0.723. The summed E-state index contributed by atoms with van der Waals surface area (Å²) in [7, 11) is 0. The first-order chi connectivity index (χ1) is 7.62. The Morgan fingerprint density at radius 1 is 1.19 bits per heavy atom. The van der Waals surface area contributed by atoms with E-state index in [9.17, 15) is 4.79 Å². The molecule has 1 rings (SSSR count). The van der Waals surface area contributed by atoms with Crippen LogP contribution in [0, 0.1) is 0 Å². The summed E-state index contributed by atoms with van der Waals surface area (Å²) in [5.41, 5.74) is 1.20. The summed E-state index contributed by atoms with van der Waals surface area (Å²) in [6.45, 7) is 6.78. The molecule has 88 valence electrons. The van der Waals surface area contributed by atoms with Crippen molar-refractivity contribution in [1.29, 1.82) is 0 Å². The van der Waals surface area contributed by atoms with E-state index in [4.69, 9.17) is 5.11 Å². The summed E-state index contributed by atoms with van der Waals surface area (Å²) in [5, 5.41) is 8.97. The van der Waals surface area contributed by atoms with Crippen LogP contribution in [0.25, 0.3) is 0 Å². The average Bonchev–Trinajstić information content (AvgIpc) is 2.29. The molecule has 0 aliphatic rings. The zero-order valence-electron chi connectivity index (χ0n) is 10.0. The van der Waals surface area contributed by atoms with E-state index in [2.05, 4.69) is 26.0 Å². The molecule has 0 fully saturated rings. The highest BCUT2D eigenvalue weighted by Gasteiger charge is 2.26. The van der Waals surface area contributed by atoms with Gasteiger partial charge in [0.1, 0.15) is 6.54 Å². The molecule has 0 atom stereocenters. The molecule has 16 heavy (non-hydrogen) atoms. The number of quaternary nitrogens is 1. The lowest BCUT2D eigenvalue weighted by molar-refractivity contribution is -0.931. The van der Waals surface area contributed by atoms with Gasteiger partial charge in [-0.2, -0.15) is 0 Å². The Hall–Kier alpha value is -1.35. The Labute approximate surface area is 96.9 Å². The standard InChI is InChI=1S/C13H19NO2/c1-3-14(4-2,11-13(15)16)10-12-8-6-5-7-9-12/h5-9H,3-4,10-11H2,1-2H3/p+1. The minimum Gasteiger partial charge on any atom is -0.477 e. The highest BCUT2D eigenvalue weighted by atomic mass is 16.4. The summed E-state index contributed by atoms with van der Waals surface area (Å²) < 4.78 is 0.610. The molecule has 1 aromatic rings. The van der Waals surface area contributed by atoms with Crippen LogP contribution in [0.5, 0.6) is 0 Å². The second-order valence-electron chi connectivity index (χ2n) is 4.17. The summed E-state index contributed by atoms with van der Waals surface area (Å²) >= 11 is 0. The first-order valence-corrected chi connectivity index (χ1v) is 5.72. The fourth-order valence-electron chi connectivity index (χ4n) is 1.98. The van der Waals surface area contributed by atoms with Crippen LogP contribution < -0.4 is 0 Å². The third kappa shape index (κ3) is 3.35. The van der Waals surface area contributed by atoms with Gasteiger partial charge in [0, 0.05) is 5.56 Å². The number of hydrogen-bond donors (Lipinski definition) is 1. The Morgan fingerprint density at radius 2 is 1.75 bits per heavy atom. The van der Waals surface area contributed by atoms with E-state index in [1.165, 1.54) is 5.56 Å². The molecular formula is C13H20NO2+. The van der Waals surface area contributed by atoms with E-state index in [1.807, 2.05) is 18.2 Å². The predicted molar refractivity (Wildman–Crippen MR) is 64.0 cm³/mol. The second-order valence-corrected chi connectivity index (χ2v) is 4.17. The Balaban J connectivity index is 2.82. The lowest BCUT2D eigenvalue weighted by atomic mass is 10.1. The van der Waals surface area contributed by atoms with E-state index in [0.717, 1.165) is 19.6 Å². The first kappa shape index (κ1) is 12.7. The normalized spacial score (nSPS) is 11.4. The summed E-state index contributed by atoms with van der Waals surface area (Å²) in [4.78, 5) is 10.9. The maximum atomic E-state index is 10.9. The third-order valence-corrected chi connectivity index (χ3v) is 3.17. The van der Waals surface area contributed by atoms with Crippen molar-refractivity contribution in [2.24, 2.45) is 0 Å².